The van der Waals surface area contributed by atoms with Gasteiger partial charge in [-0.15, -0.1) is 0 Å². The first-order chi connectivity index (χ1) is 9.15. The van der Waals surface area contributed by atoms with Crippen LogP contribution in [0.1, 0.15) is 26.7 Å². The molecular weight excluding hydrogens is 242 g/mol. The number of benzene rings is 1. The number of oxazole rings is 1. The van der Waals surface area contributed by atoms with E-state index in [4.69, 9.17) is 14.9 Å². The Morgan fingerprint density at radius 1 is 1.37 bits per heavy atom. The summed E-state index contributed by atoms with van der Waals surface area (Å²) in [6.45, 7) is 5.71. The lowest BCUT2D eigenvalue weighted by Gasteiger charge is -2.06. The van der Waals surface area contributed by atoms with Gasteiger partial charge in [0.15, 0.2) is 5.58 Å². The fraction of sp³-hybridized carbons (Fsp3) is 0.500. The molecule has 1 aromatic heterocycles. The van der Waals surface area contributed by atoms with Crippen molar-refractivity contribution in [3.05, 3.63) is 18.2 Å². The minimum Gasteiger partial charge on any atom is -0.424 e. The maximum absolute atomic E-state index is 5.70. The van der Waals surface area contributed by atoms with Crippen LogP contribution < -0.4 is 11.1 Å². The molecule has 0 unspecified atom stereocenters. The van der Waals surface area contributed by atoms with E-state index in [0.29, 0.717) is 17.8 Å². The molecule has 0 amide bonds. The van der Waals surface area contributed by atoms with Crippen LogP contribution in [0.2, 0.25) is 0 Å². The van der Waals surface area contributed by atoms with Crippen LogP contribution in [0.25, 0.3) is 11.1 Å². The molecule has 104 valence electrons. The Hall–Kier alpha value is -1.75. The fourth-order valence-corrected chi connectivity index (χ4v) is 1.76. The van der Waals surface area contributed by atoms with Crippen LogP contribution in [0.4, 0.5) is 11.7 Å². The Morgan fingerprint density at radius 2 is 2.21 bits per heavy atom. The zero-order valence-electron chi connectivity index (χ0n) is 11.5. The highest BCUT2D eigenvalue weighted by Crippen LogP contribution is 2.20. The summed E-state index contributed by atoms with van der Waals surface area (Å²) in [6.07, 6.45) is 2.35. The van der Waals surface area contributed by atoms with Gasteiger partial charge < -0.3 is 20.2 Å². The number of nitrogens with one attached hydrogen (secondary N) is 1. The Morgan fingerprint density at radius 3 is 3.00 bits per heavy atom. The number of fused-ring (bicyclic) bond motifs is 1. The second-order valence-corrected chi connectivity index (χ2v) is 4.80. The molecule has 2 rings (SSSR count). The summed E-state index contributed by atoms with van der Waals surface area (Å²) in [6, 6.07) is 5.99. The van der Waals surface area contributed by atoms with Crippen molar-refractivity contribution in [2.45, 2.75) is 32.8 Å². The third-order valence-corrected chi connectivity index (χ3v) is 2.71. The summed E-state index contributed by atoms with van der Waals surface area (Å²) >= 11 is 0. The number of rotatable bonds is 7. The molecule has 0 aliphatic rings. The van der Waals surface area contributed by atoms with E-state index in [-0.39, 0.29) is 0 Å². The molecule has 0 spiro atoms. The van der Waals surface area contributed by atoms with Gasteiger partial charge in [0, 0.05) is 18.8 Å². The Bertz CT molecular complexity index is 522. The van der Waals surface area contributed by atoms with Gasteiger partial charge in [-0.1, -0.05) is 0 Å². The van der Waals surface area contributed by atoms with E-state index in [2.05, 4.69) is 10.3 Å². The third kappa shape index (κ3) is 4.13. The minimum atomic E-state index is 0.301. The number of hydrogen-bond acceptors (Lipinski definition) is 5. The second-order valence-electron chi connectivity index (χ2n) is 4.80. The molecule has 3 N–H and O–H groups in total. The number of unbranched alkanes of at least 4 members (excludes halogenated alkanes) is 1. The van der Waals surface area contributed by atoms with E-state index in [1.54, 1.807) is 12.1 Å². The summed E-state index contributed by atoms with van der Waals surface area (Å²) in [5, 5.41) is 3.17. The van der Waals surface area contributed by atoms with E-state index in [1.807, 2.05) is 19.9 Å². The van der Waals surface area contributed by atoms with Gasteiger partial charge in [0.1, 0.15) is 5.52 Å². The zero-order valence-corrected chi connectivity index (χ0v) is 11.5. The molecule has 0 radical (unpaired) electrons. The molecule has 5 nitrogen and oxygen atoms in total. The van der Waals surface area contributed by atoms with Crippen molar-refractivity contribution in [2.24, 2.45) is 0 Å². The minimum absolute atomic E-state index is 0.301. The van der Waals surface area contributed by atoms with Crippen LogP contribution in [0.3, 0.4) is 0 Å². The van der Waals surface area contributed by atoms with Crippen LogP contribution in [-0.4, -0.2) is 24.2 Å². The van der Waals surface area contributed by atoms with Crippen molar-refractivity contribution in [2.75, 3.05) is 24.2 Å². The van der Waals surface area contributed by atoms with Crippen LogP contribution in [0.15, 0.2) is 22.6 Å². The molecule has 1 heterocycles. The topological polar surface area (TPSA) is 73.3 Å². The first-order valence-electron chi connectivity index (χ1n) is 6.66. The smallest absolute Gasteiger partial charge is 0.295 e. The van der Waals surface area contributed by atoms with Crippen LogP contribution in [-0.2, 0) is 4.74 Å². The average Bonchev–Trinajstić information content (AvgIpc) is 2.75. The van der Waals surface area contributed by atoms with Crippen molar-refractivity contribution in [1.82, 2.24) is 4.98 Å². The summed E-state index contributed by atoms with van der Waals surface area (Å²) in [5.74, 6) is 0. The Labute approximate surface area is 113 Å². The zero-order chi connectivity index (χ0) is 13.7. The fourth-order valence-electron chi connectivity index (χ4n) is 1.76. The van der Waals surface area contributed by atoms with Crippen LogP contribution in [0, 0.1) is 0 Å². The van der Waals surface area contributed by atoms with Crippen LogP contribution >= 0.6 is 0 Å². The molecule has 19 heavy (non-hydrogen) atoms. The Balaban J connectivity index is 1.75. The molecule has 0 saturated carbocycles. The van der Waals surface area contributed by atoms with Gasteiger partial charge in [-0.2, -0.15) is 4.98 Å². The molecule has 2 aromatic rings. The molecule has 5 heteroatoms. The predicted octanol–water partition coefficient (Wildman–Crippen LogP) is 3.03. The number of nitrogens with two attached hydrogens (primary N) is 1. The highest BCUT2D eigenvalue weighted by Gasteiger charge is 2.04. The molecule has 0 bridgehead atoms. The lowest BCUT2D eigenvalue weighted by molar-refractivity contribution is 0.0765. The number of nitrogen functional groups attached to an aromatic ring is 1. The molecular formula is C14H21N3O2. The van der Waals surface area contributed by atoms with Crippen LogP contribution in [0.5, 0.6) is 0 Å². The maximum atomic E-state index is 5.70. The van der Waals surface area contributed by atoms with Gasteiger partial charge >= 0.3 is 0 Å². The lowest BCUT2D eigenvalue weighted by Crippen LogP contribution is -2.07. The molecule has 0 fully saturated rings. The van der Waals surface area contributed by atoms with Crippen molar-refractivity contribution in [3.8, 4) is 0 Å². The number of ether oxygens (including phenoxy) is 1. The Kier molecular flexibility index (Phi) is 4.63. The van der Waals surface area contributed by atoms with Gasteiger partial charge in [0.05, 0.1) is 6.10 Å². The van der Waals surface area contributed by atoms with E-state index in [9.17, 15) is 0 Å². The summed E-state index contributed by atoms with van der Waals surface area (Å²) in [4.78, 5) is 4.33. The van der Waals surface area contributed by atoms with E-state index in [0.717, 1.165) is 37.1 Å². The van der Waals surface area contributed by atoms with Crippen molar-refractivity contribution in [1.29, 1.82) is 0 Å². The quantitative estimate of drug-likeness (QED) is 0.593. The summed E-state index contributed by atoms with van der Waals surface area (Å²) < 4.78 is 11.0. The molecule has 0 aliphatic carbocycles. The van der Waals surface area contributed by atoms with E-state index < -0.39 is 0 Å². The van der Waals surface area contributed by atoms with E-state index in [1.165, 1.54) is 0 Å². The van der Waals surface area contributed by atoms with Crippen molar-refractivity contribution < 1.29 is 9.15 Å². The van der Waals surface area contributed by atoms with Gasteiger partial charge in [0.25, 0.3) is 6.01 Å². The molecule has 0 saturated heterocycles. The van der Waals surface area contributed by atoms with Crippen molar-refractivity contribution >= 4 is 22.8 Å². The van der Waals surface area contributed by atoms with Gasteiger partial charge in [-0.25, -0.2) is 0 Å². The number of anilines is 2. The summed E-state index contributed by atoms with van der Waals surface area (Å²) in [7, 11) is 0. The highest BCUT2D eigenvalue weighted by atomic mass is 16.5. The first-order valence-corrected chi connectivity index (χ1v) is 6.66. The number of aromatic nitrogens is 1. The van der Waals surface area contributed by atoms with Gasteiger partial charge in [-0.05, 0) is 44.9 Å². The first kappa shape index (κ1) is 13.7. The largest absolute Gasteiger partial charge is 0.424 e. The van der Waals surface area contributed by atoms with E-state index >= 15 is 0 Å². The normalized spacial score (nSPS) is 11.3. The molecule has 0 atom stereocenters. The van der Waals surface area contributed by atoms with Gasteiger partial charge in [-0.3, -0.25) is 0 Å². The highest BCUT2D eigenvalue weighted by molar-refractivity contribution is 5.78. The second kappa shape index (κ2) is 6.43. The van der Waals surface area contributed by atoms with Gasteiger partial charge in [0.2, 0.25) is 0 Å². The lowest BCUT2D eigenvalue weighted by atomic mass is 10.3. The average molecular weight is 263 g/mol. The summed E-state index contributed by atoms with van der Waals surface area (Å²) in [5.41, 5.74) is 7.92. The number of hydrogen-bond donors (Lipinski definition) is 2. The SMILES string of the molecule is CC(C)OCCCCNc1nc2cc(N)ccc2o1. The molecule has 0 aliphatic heterocycles. The number of nitrogens with zero attached hydrogens (tertiary/aromatic N) is 1. The molecule has 1 aromatic carbocycles. The third-order valence-electron chi connectivity index (χ3n) is 2.71. The monoisotopic (exact) mass is 263 g/mol. The standard InChI is InChI=1S/C14H21N3O2/c1-10(2)18-8-4-3-7-16-14-17-12-9-11(15)5-6-13(12)19-14/h5-6,9-10H,3-4,7-8,15H2,1-2H3,(H,16,17). The predicted molar refractivity (Wildman–Crippen MR) is 77.2 cm³/mol. The van der Waals surface area contributed by atoms with Crippen molar-refractivity contribution in [3.63, 3.8) is 0 Å². The maximum Gasteiger partial charge on any atom is 0.295 e.